The number of rotatable bonds is 7. The number of aliphatic hydroxyl groups is 1. The molecule has 0 unspecified atom stereocenters. The topological polar surface area (TPSA) is 59.6 Å². The van der Waals surface area contributed by atoms with Gasteiger partial charge in [0.2, 0.25) is 0 Å². The fraction of sp³-hybridized carbons (Fsp3) is 0.375. The average molecular weight is 291 g/mol. The summed E-state index contributed by atoms with van der Waals surface area (Å²) < 4.78 is 12.5. The Hall–Kier alpha value is -2.35. The van der Waals surface area contributed by atoms with Gasteiger partial charge in [0.15, 0.2) is 0 Å². The maximum atomic E-state index is 12.5. The van der Waals surface area contributed by atoms with E-state index in [-0.39, 0.29) is 12.3 Å². The zero-order chi connectivity index (χ0) is 16.3. The van der Waals surface area contributed by atoms with Crippen molar-refractivity contribution in [2.75, 3.05) is 20.3 Å². The Labute approximate surface area is 125 Å². The summed E-state index contributed by atoms with van der Waals surface area (Å²) in [5, 5.41) is 17.8. The second-order valence-corrected chi connectivity index (χ2v) is 4.38. The third-order valence-electron chi connectivity index (χ3n) is 2.78. The van der Waals surface area contributed by atoms with E-state index < -0.39 is 6.67 Å². The van der Waals surface area contributed by atoms with Crippen LogP contribution in [0.1, 0.15) is 20.3 Å². The minimum Gasteiger partial charge on any atom is -0.511 e. The maximum absolute atomic E-state index is 12.5. The van der Waals surface area contributed by atoms with Crippen LogP contribution in [-0.4, -0.2) is 36.1 Å². The van der Waals surface area contributed by atoms with Crippen LogP contribution in [0.4, 0.5) is 4.39 Å². The van der Waals surface area contributed by atoms with Gasteiger partial charge in [0.25, 0.3) is 0 Å². The zero-order valence-electron chi connectivity index (χ0n) is 12.8. The molecular formula is C16H22FN3O. The van der Waals surface area contributed by atoms with Crippen molar-refractivity contribution in [3.63, 3.8) is 0 Å². The number of nitrogens with zero attached hydrogens (tertiary/aromatic N) is 3. The first-order valence-corrected chi connectivity index (χ1v) is 6.60. The molecule has 21 heavy (non-hydrogen) atoms. The summed E-state index contributed by atoms with van der Waals surface area (Å²) in [6.45, 7) is 6.85. The molecule has 0 saturated heterocycles. The van der Waals surface area contributed by atoms with Gasteiger partial charge in [0.1, 0.15) is 18.3 Å². The lowest BCUT2D eigenvalue weighted by Gasteiger charge is -2.17. The van der Waals surface area contributed by atoms with Crippen molar-refractivity contribution in [2.45, 2.75) is 20.3 Å². The molecule has 0 heterocycles. The standard InChI is InChI=1S/C16H22FN3O/c1-5-15(8-9-17)16(7-6-10-18)11-19-14(3)20(4)12-13(2)21/h6-8,11,21H,2,5,9,12H2,1,3-4H3/b7-6+,15-8+,16-11+,19-14?. The molecule has 0 amide bonds. The number of allylic oxidation sites excluding steroid dienone is 5. The normalized spacial score (nSPS) is 13.4. The van der Waals surface area contributed by atoms with Crippen molar-refractivity contribution in [2.24, 2.45) is 4.99 Å². The molecule has 0 saturated carbocycles. The van der Waals surface area contributed by atoms with Crippen molar-refractivity contribution < 1.29 is 9.50 Å². The lowest BCUT2D eigenvalue weighted by atomic mass is 10.0. The van der Waals surface area contributed by atoms with E-state index >= 15 is 0 Å². The number of alkyl halides is 1. The van der Waals surface area contributed by atoms with Crippen LogP contribution in [-0.2, 0) is 0 Å². The first-order chi connectivity index (χ1) is 9.96. The summed E-state index contributed by atoms with van der Waals surface area (Å²) in [6.07, 6.45) is 6.64. The van der Waals surface area contributed by atoms with Crippen LogP contribution in [0.3, 0.4) is 0 Å². The van der Waals surface area contributed by atoms with Crippen LogP contribution >= 0.6 is 0 Å². The Morgan fingerprint density at radius 1 is 1.52 bits per heavy atom. The van der Waals surface area contributed by atoms with E-state index in [0.717, 1.165) is 5.57 Å². The van der Waals surface area contributed by atoms with Gasteiger partial charge in [0, 0.05) is 19.3 Å². The van der Waals surface area contributed by atoms with Gasteiger partial charge in [-0.25, -0.2) is 9.38 Å². The van der Waals surface area contributed by atoms with Gasteiger partial charge >= 0.3 is 0 Å². The summed E-state index contributed by atoms with van der Waals surface area (Å²) in [6, 6.07) is 1.91. The van der Waals surface area contributed by atoms with Gasteiger partial charge < -0.3 is 10.0 Å². The second kappa shape index (κ2) is 10.4. The number of aliphatic hydroxyl groups excluding tert-OH is 1. The van der Waals surface area contributed by atoms with Crippen molar-refractivity contribution in [1.82, 2.24) is 4.90 Å². The molecule has 0 aliphatic heterocycles. The van der Waals surface area contributed by atoms with E-state index in [1.807, 2.05) is 13.0 Å². The molecule has 114 valence electrons. The molecule has 0 aliphatic rings. The monoisotopic (exact) mass is 291 g/mol. The number of aliphatic imine (C=N–C) groups is 1. The van der Waals surface area contributed by atoms with Crippen molar-refractivity contribution in [3.8, 4) is 6.07 Å². The summed E-state index contributed by atoms with van der Waals surface area (Å²) in [5.74, 6) is 0.718. The largest absolute Gasteiger partial charge is 0.511 e. The molecule has 0 aromatic carbocycles. The first kappa shape index (κ1) is 18.6. The van der Waals surface area contributed by atoms with E-state index in [4.69, 9.17) is 10.4 Å². The van der Waals surface area contributed by atoms with Crippen LogP contribution in [0.5, 0.6) is 0 Å². The quantitative estimate of drug-likeness (QED) is 0.256. The smallest absolute Gasteiger partial charge is 0.108 e. The number of hydrogen-bond donors (Lipinski definition) is 1. The predicted octanol–water partition coefficient (Wildman–Crippen LogP) is 3.68. The summed E-state index contributed by atoms with van der Waals surface area (Å²) >= 11 is 0. The summed E-state index contributed by atoms with van der Waals surface area (Å²) in [7, 11) is 1.77. The van der Waals surface area contributed by atoms with Gasteiger partial charge in [-0.3, -0.25) is 0 Å². The number of nitriles is 1. The molecule has 0 aliphatic carbocycles. The number of halogens is 1. The molecule has 0 rings (SSSR count). The Morgan fingerprint density at radius 3 is 2.67 bits per heavy atom. The van der Waals surface area contributed by atoms with Crippen molar-refractivity contribution in [3.05, 3.63) is 47.9 Å². The van der Waals surface area contributed by atoms with Crippen LogP contribution in [0.25, 0.3) is 0 Å². The molecule has 0 aromatic rings. The van der Waals surface area contributed by atoms with E-state index in [0.29, 0.717) is 17.8 Å². The minimum absolute atomic E-state index is 0.0483. The second-order valence-electron chi connectivity index (χ2n) is 4.38. The molecule has 0 aromatic heterocycles. The molecular weight excluding hydrogens is 269 g/mol. The molecule has 0 atom stereocenters. The lowest BCUT2D eigenvalue weighted by molar-refractivity contribution is 0.357. The summed E-state index contributed by atoms with van der Waals surface area (Å²) in [5.41, 5.74) is 1.47. The van der Waals surface area contributed by atoms with E-state index in [1.165, 1.54) is 12.2 Å². The Bertz CT molecular complexity index is 510. The fourth-order valence-corrected chi connectivity index (χ4v) is 1.57. The number of amidine groups is 1. The van der Waals surface area contributed by atoms with Gasteiger partial charge in [0.05, 0.1) is 12.6 Å². The Kier molecular flexibility index (Phi) is 9.27. The van der Waals surface area contributed by atoms with Gasteiger partial charge in [-0.05, 0) is 36.6 Å². The SMILES string of the molecule is C=C(O)CN(C)C(C)=N/C=C(\C=C\C#N)C(=C/CF)/CC. The maximum Gasteiger partial charge on any atom is 0.108 e. The van der Waals surface area contributed by atoms with Gasteiger partial charge in [-0.15, -0.1) is 0 Å². The van der Waals surface area contributed by atoms with Crippen molar-refractivity contribution in [1.29, 1.82) is 5.26 Å². The lowest BCUT2D eigenvalue weighted by Crippen LogP contribution is -2.25. The Balaban J connectivity index is 5.34. The minimum atomic E-state index is -0.562. The predicted molar refractivity (Wildman–Crippen MR) is 84.7 cm³/mol. The number of hydrogen-bond acceptors (Lipinski definition) is 3. The molecule has 5 heteroatoms. The van der Waals surface area contributed by atoms with Crippen molar-refractivity contribution >= 4 is 5.84 Å². The number of likely N-dealkylation sites (N-methyl/N-ethyl adjacent to an activating group) is 1. The highest BCUT2D eigenvalue weighted by Crippen LogP contribution is 2.16. The zero-order valence-corrected chi connectivity index (χ0v) is 12.8. The molecule has 1 N–H and O–H groups in total. The van der Waals surface area contributed by atoms with Crippen LogP contribution in [0, 0.1) is 11.3 Å². The Morgan fingerprint density at radius 2 is 2.19 bits per heavy atom. The third-order valence-corrected chi connectivity index (χ3v) is 2.78. The highest BCUT2D eigenvalue weighted by molar-refractivity contribution is 5.80. The van der Waals surface area contributed by atoms with Gasteiger partial charge in [-0.1, -0.05) is 13.5 Å². The fourth-order valence-electron chi connectivity index (χ4n) is 1.57. The van der Waals surface area contributed by atoms with Gasteiger partial charge in [-0.2, -0.15) is 5.26 Å². The molecule has 0 bridgehead atoms. The van der Waals surface area contributed by atoms with Crippen LogP contribution in [0.2, 0.25) is 0 Å². The highest BCUT2D eigenvalue weighted by Gasteiger charge is 2.03. The molecule has 4 nitrogen and oxygen atoms in total. The highest BCUT2D eigenvalue weighted by atomic mass is 19.1. The molecule has 0 fully saturated rings. The average Bonchev–Trinajstić information content (AvgIpc) is 2.44. The van der Waals surface area contributed by atoms with E-state index in [2.05, 4.69) is 11.6 Å². The van der Waals surface area contributed by atoms with Crippen LogP contribution in [0.15, 0.2) is 52.9 Å². The third kappa shape index (κ3) is 7.73. The molecule has 0 radical (unpaired) electrons. The first-order valence-electron chi connectivity index (χ1n) is 6.60. The van der Waals surface area contributed by atoms with Crippen LogP contribution < -0.4 is 0 Å². The van der Waals surface area contributed by atoms with E-state index in [1.54, 1.807) is 31.1 Å². The summed E-state index contributed by atoms with van der Waals surface area (Å²) in [4.78, 5) is 6.02. The molecule has 0 spiro atoms. The van der Waals surface area contributed by atoms with E-state index in [9.17, 15) is 4.39 Å².